The van der Waals surface area contributed by atoms with E-state index in [1.807, 2.05) is 18.2 Å². The van der Waals surface area contributed by atoms with E-state index in [1.54, 1.807) is 30.3 Å². The number of rotatable bonds is 5. The zero-order chi connectivity index (χ0) is 19.4. The molecule has 0 aromatic heterocycles. The maximum absolute atomic E-state index is 13.1. The number of hydrogen-bond acceptors (Lipinski definition) is 3. The largest absolute Gasteiger partial charge is 0.351 e. The summed E-state index contributed by atoms with van der Waals surface area (Å²) >= 11 is 9.43. The van der Waals surface area contributed by atoms with Gasteiger partial charge in [-0.25, -0.2) is 8.42 Å². The van der Waals surface area contributed by atoms with Gasteiger partial charge in [0.1, 0.15) is 6.04 Å². The van der Waals surface area contributed by atoms with Gasteiger partial charge in [0.2, 0.25) is 15.9 Å². The van der Waals surface area contributed by atoms with Crippen LogP contribution in [0.3, 0.4) is 0 Å². The summed E-state index contributed by atoms with van der Waals surface area (Å²) in [5.41, 5.74) is 0.797. The zero-order valence-corrected chi connectivity index (χ0v) is 17.7. The van der Waals surface area contributed by atoms with E-state index in [1.165, 1.54) is 4.31 Å². The molecule has 1 aliphatic rings. The van der Waals surface area contributed by atoms with Crippen LogP contribution >= 0.6 is 27.5 Å². The molecule has 144 valence electrons. The van der Waals surface area contributed by atoms with Crippen molar-refractivity contribution in [3.63, 3.8) is 0 Å². The SMILES string of the molecule is O=C(NCc1ccccc1Cl)[C@@H]1CCCCN1S(=O)(=O)c1ccc(Br)cc1. The van der Waals surface area contributed by atoms with Gasteiger partial charge in [0.25, 0.3) is 0 Å². The maximum Gasteiger partial charge on any atom is 0.243 e. The molecule has 2 aromatic rings. The number of hydrogen-bond donors (Lipinski definition) is 1. The Morgan fingerprint density at radius 1 is 1.15 bits per heavy atom. The van der Waals surface area contributed by atoms with Crippen LogP contribution in [0, 0.1) is 0 Å². The first-order valence-corrected chi connectivity index (χ1v) is 11.3. The van der Waals surface area contributed by atoms with E-state index in [-0.39, 0.29) is 17.3 Å². The lowest BCUT2D eigenvalue weighted by molar-refractivity contribution is -0.125. The molecular weight excluding hydrogens is 452 g/mol. The van der Waals surface area contributed by atoms with Gasteiger partial charge in [0.05, 0.1) is 4.90 Å². The number of sulfonamides is 1. The van der Waals surface area contributed by atoms with Crippen molar-refractivity contribution >= 4 is 43.5 Å². The van der Waals surface area contributed by atoms with Crippen molar-refractivity contribution in [2.24, 2.45) is 0 Å². The van der Waals surface area contributed by atoms with Crippen molar-refractivity contribution in [3.05, 3.63) is 63.6 Å². The standard InChI is InChI=1S/C19H20BrClN2O3S/c20-15-8-10-16(11-9-15)27(25,26)23-12-4-3-7-18(23)19(24)22-13-14-5-1-2-6-17(14)21/h1-2,5-6,8-11,18H,3-4,7,12-13H2,(H,22,24)/t18-/m0/s1. The summed E-state index contributed by atoms with van der Waals surface area (Å²) in [7, 11) is -3.74. The molecule has 1 aliphatic heterocycles. The van der Waals surface area contributed by atoms with Crippen LogP contribution in [0.25, 0.3) is 0 Å². The van der Waals surface area contributed by atoms with Crippen LogP contribution in [-0.4, -0.2) is 31.2 Å². The van der Waals surface area contributed by atoms with Crippen LogP contribution in [0.2, 0.25) is 5.02 Å². The summed E-state index contributed by atoms with van der Waals surface area (Å²) in [6, 6.07) is 13.0. The molecule has 5 nitrogen and oxygen atoms in total. The topological polar surface area (TPSA) is 66.5 Å². The highest BCUT2D eigenvalue weighted by molar-refractivity contribution is 9.10. The fourth-order valence-corrected chi connectivity index (χ4v) is 5.26. The van der Waals surface area contributed by atoms with Gasteiger partial charge in [0, 0.05) is 22.6 Å². The molecule has 2 aromatic carbocycles. The molecule has 1 amide bonds. The Morgan fingerprint density at radius 3 is 2.56 bits per heavy atom. The molecule has 1 saturated heterocycles. The van der Waals surface area contributed by atoms with Crippen molar-refractivity contribution in [1.29, 1.82) is 0 Å². The number of nitrogens with zero attached hydrogens (tertiary/aromatic N) is 1. The number of benzene rings is 2. The van der Waals surface area contributed by atoms with Gasteiger partial charge in [-0.3, -0.25) is 4.79 Å². The van der Waals surface area contributed by atoms with Gasteiger partial charge in [0.15, 0.2) is 0 Å². The molecule has 0 aliphatic carbocycles. The van der Waals surface area contributed by atoms with Gasteiger partial charge >= 0.3 is 0 Å². The first-order valence-electron chi connectivity index (χ1n) is 8.68. The number of carbonyl (C=O) groups excluding carboxylic acids is 1. The second kappa shape index (κ2) is 8.73. The minimum atomic E-state index is -3.74. The van der Waals surface area contributed by atoms with E-state index in [4.69, 9.17) is 11.6 Å². The van der Waals surface area contributed by atoms with E-state index in [9.17, 15) is 13.2 Å². The van der Waals surface area contributed by atoms with Crippen molar-refractivity contribution in [1.82, 2.24) is 9.62 Å². The molecular formula is C19H20BrClN2O3S. The Morgan fingerprint density at radius 2 is 1.85 bits per heavy atom. The highest BCUT2D eigenvalue weighted by atomic mass is 79.9. The molecule has 0 unspecified atom stereocenters. The molecule has 1 fully saturated rings. The maximum atomic E-state index is 13.1. The molecule has 1 heterocycles. The van der Waals surface area contributed by atoms with Crippen LogP contribution < -0.4 is 5.32 Å². The lowest BCUT2D eigenvalue weighted by Gasteiger charge is -2.33. The van der Waals surface area contributed by atoms with Crippen LogP contribution in [0.5, 0.6) is 0 Å². The van der Waals surface area contributed by atoms with Crippen molar-refractivity contribution < 1.29 is 13.2 Å². The predicted molar refractivity (Wildman–Crippen MR) is 109 cm³/mol. The quantitative estimate of drug-likeness (QED) is 0.718. The lowest BCUT2D eigenvalue weighted by atomic mass is 10.0. The second-order valence-corrected chi connectivity index (χ2v) is 9.60. The summed E-state index contributed by atoms with van der Waals surface area (Å²) < 4.78 is 28.2. The highest BCUT2D eigenvalue weighted by Gasteiger charge is 2.37. The molecule has 1 atom stereocenters. The number of piperidine rings is 1. The molecule has 0 bridgehead atoms. The number of carbonyl (C=O) groups is 1. The second-order valence-electron chi connectivity index (χ2n) is 6.39. The van der Waals surface area contributed by atoms with Gasteiger partial charge in [-0.1, -0.05) is 52.2 Å². The molecule has 3 rings (SSSR count). The van der Waals surface area contributed by atoms with Crippen LogP contribution in [0.1, 0.15) is 24.8 Å². The Hall–Kier alpha value is -1.41. The average molecular weight is 472 g/mol. The van der Waals surface area contributed by atoms with Crippen LogP contribution in [0.4, 0.5) is 0 Å². The Labute approximate surface area is 172 Å². The van der Waals surface area contributed by atoms with E-state index >= 15 is 0 Å². The van der Waals surface area contributed by atoms with Crippen molar-refractivity contribution in [2.75, 3.05) is 6.54 Å². The Kier molecular flexibility index (Phi) is 6.57. The normalized spacial score (nSPS) is 18.2. The van der Waals surface area contributed by atoms with Gasteiger partial charge in [-0.05, 0) is 48.7 Å². The van der Waals surface area contributed by atoms with Gasteiger partial charge < -0.3 is 5.32 Å². The third-order valence-corrected chi connectivity index (χ3v) is 7.41. The Balaban J connectivity index is 1.77. The fourth-order valence-electron chi connectivity index (χ4n) is 3.14. The fraction of sp³-hybridized carbons (Fsp3) is 0.316. The number of halogens is 2. The summed E-state index contributed by atoms with van der Waals surface area (Å²) in [6.07, 6.45) is 2.06. The summed E-state index contributed by atoms with van der Waals surface area (Å²) in [5.74, 6) is -0.296. The first kappa shape index (κ1) is 20.3. The van der Waals surface area contributed by atoms with E-state index < -0.39 is 16.1 Å². The van der Waals surface area contributed by atoms with Crippen LogP contribution in [-0.2, 0) is 21.4 Å². The monoisotopic (exact) mass is 470 g/mol. The number of amides is 1. The van der Waals surface area contributed by atoms with Gasteiger partial charge in [-0.2, -0.15) is 4.31 Å². The molecule has 0 radical (unpaired) electrons. The number of nitrogens with one attached hydrogen (secondary N) is 1. The Bertz CT molecular complexity index is 919. The lowest BCUT2D eigenvalue weighted by Crippen LogP contribution is -2.51. The third kappa shape index (κ3) is 4.71. The third-order valence-electron chi connectivity index (χ3n) is 4.59. The first-order chi connectivity index (χ1) is 12.9. The van der Waals surface area contributed by atoms with Crippen molar-refractivity contribution in [2.45, 2.75) is 36.7 Å². The van der Waals surface area contributed by atoms with E-state index in [0.29, 0.717) is 18.0 Å². The molecule has 1 N–H and O–H groups in total. The summed E-state index contributed by atoms with van der Waals surface area (Å²) in [5, 5.41) is 3.41. The highest BCUT2D eigenvalue weighted by Crippen LogP contribution is 2.26. The molecule has 0 saturated carbocycles. The minimum absolute atomic E-state index is 0.191. The van der Waals surface area contributed by atoms with Crippen molar-refractivity contribution in [3.8, 4) is 0 Å². The van der Waals surface area contributed by atoms with Gasteiger partial charge in [-0.15, -0.1) is 0 Å². The smallest absolute Gasteiger partial charge is 0.243 e. The van der Waals surface area contributed by atoms with E-state index in [2.05, 4.69) is 21.2 Å². The van der Waals surface area contributed by atoms with Crippen LogP contribution in [0.15, 0.2) is 57.9 Å². The molecule has 0 spiro atoms. The summed E-state index contributed by atoms with van der Waals surface area (Å²) in [4.78, 5) is 12.9. The molecule has 8 heteroatoms. The average Bonchev–Trinajstić information content (AvgIpc) is 2.67. The minimum Gasteiger partial charge on any atom is -0.351 e. The zero-order valence-electron chi connectivity index (χ0n) is 14.6. The summed E-state index contributed by atoms with van der Waals surface area (Å²) in [6.45, 7) is 0.601. The predicted octanol–water partition coefficient (Wildman–Crippen LogP) is 3.96. The molecule has 27 heavy (non-hydrogen) atoms. The van der Waals surface area contributed by atoms with E-state index in [0.717, 1.165) is 22.9 Å².